The number of halogens is 1. The van der Waals surface area contributed by atoms with Crippen LogP contribution in [0.4, 0.5) is 0 Å². The fraction of sp³-hybridized carbons (Fsp3) is 0.333. The first-order valence-corrected chi connectivity index (χ1v) is 6.05. The molecule has 0 aliphatic heterocycles. The fourth-order valence-electron chi connectivity index (χ4n) is 2.12. The Kier molecular flexibility index (Phi) is 2.02. The first-order valence-electron chi connectivity index (χ1n) is 5.26. The highest BCUT2D eigenvalue weighted by atomic mass is 79.9. The molecule has 0 radical (unpaired) electrons. The summed E-state index contributed by atoms with van der Waals surface area (Å²) in [6.45, 7) is 0. The molecule has 0 unspecified atom stereocenters. The van der Waals surface area contributed by atoms with E-state index in [2.05, 4.69) is 27.0 Å². The number of nitrogens with one attached hydrogen (secondary N) is 1. The second kappa shape index (κ2) is 3.27. The van der Waals surface area contributed by atoms with Crippen molar-refractivity contribution in [3.63, 3.8) is 0 Å². The lowest BCUT2D eigenvalue weighted by Gasteiger charge is -2.23. The second-order valence-electron chi connectivity index (χ2n) is 4.21. The molecule has 0 atom stereocenters. The molecule has 3 heteroatoms. The summed E-state index contributed by atoms with van der Waals surface area (Å²) in [5, 5.41) is 10.7. The first-order chi connectivity index (χ1) is 7.25. The normalized spacial score (nSPS) is 16.9. The van der Waals surface area contributed by atoms with Crippen LogP contribution in [0.25, 0.3) is 10.9 Å². The van der Waals surface area contributed by atoms with E-state index in [4.69, 9.17) is 0 Å². The van der Waals surface area contributed by atoms with E-state index in [1.54, 1.807) is 6.07 Å². The third-order valence-electron chi connectivity index (χ3n) is 3.28. The van der Waals surface area contributed by atoms with Crippen LogP contribution in [0.2, 0.25) is 0 Å². The molecule has 3 rings (SSSR count). The molecule has 1 aliphatic carbocycles. The fourth-order valence-corrected chi connectivity index (χ4v) is 2.58. The van der Waals surface area contributed by atoms with Gasteiger partial charge in [-0.05, 0) is 52.9 Å². The summed E-state index contributed by atoms with van der Waals surface area (Å²) in [4.78, 5) is 3.42. The summed E-state index contributed by atoms with van der Waals surface area (Å²) in [7, 11) is 0. The topological polar surface area (TPSA) is 36.0 Å². The van der Waals surface area contributed by atoms with E-state index in [0.717, 1.165) is 15.4 Å². The van der Waals surface area contributed by atoms with Crippen molar-refractivity contribution in [3.05, 3.63) is 28.4 Å². The van der Waals surface area contributed by atoms with E-state index >= 15 is 0 Å². The number of phenols is 1. The molecule has 0 bridgehead atoms. The quantitative estimate of drug-likeness (QED) is 0.806. The van der Waals surface area contributed by atoms with Crippen LogP contribution in [-0.2, 0) is 0 Å². The lowest BCUT2D eigenvalue weighted by atomic mass is 9.83. The van der Waals surface area contributed by atoms with Gasteiger partial charge in [-0.1, -0.05) is 6.42 Å². The molecular weight excluding hydrogens is 254 g/mol. The van der Waals surface area contributed by atoms with Crippen molar-refractivity contribution < 1.29 is 5.11 Å². The van der Waals surface area contributed by atoms with Crippen LogP contribution >= 0.6 is 15.9 Å². The maximum atomic E-state index is 9.58. The van der Waals surface area contributed by atoms with E-state index in [1.807, 2.05) is 6.07 Å². The number of aromatic amines is 1. The van der Waals surface area contributed by atoms with Crippen LogP contribution in [0.1, 0.15) is 30.9 Å². The molecule has 15 heavy (non-hydrogen) atoms. The minimum atomic E-state index is 0.307. The lowest BCUT2D eigenvalue weighted by Crippen LogP contribution is -2.08. The molecule has 0 saturated heterocycles. The Hall–Kier alpha value is -0.960. The van der Waals surface area contributed by atoms with Gasteiger partial charge >= 0.3 is 0 Å². The lowest BCUT2D eigenvalue weighted by molar-refractivity contribution is 0.413. The van der Waals surface area contributed by atoms with Crippen molar-refractivity contribution in [2.24, 2.45) is 0 Å². The molecule has 2 aromatic rings. The largest absolute Gasteiger partial charge is 0.507 e. The van der Waals surface area contributed by atoms with Gasteiger partial charge in [0.1, 0.15) is 5.75 Å². The van der Waals surface area contributed by atoms with E-state index in [1.165, 1.54) is 25.0 Å². The van der Waals surface area contributed by atoms with Crippen molar-refractivity contribution in [1.82, 2.24) is 4.98 Å². The number of aromatic nitrogens is 1. The molecule has 0 spiro atoms. The molecule has 1 aromatic carbocycles. The van der Waals surface area contributed by atoms with E-state index < -0.39 is 0 Å². The van der Waals surface area contributed by atoms with E-state index in [0.29, 0.717) is 11.7 Å². The third-order valence-corrected chi connectivity index (χ3v) is 4.12. The summed E-state index contributed by atoms with van der Waals surface area (Å²) in [6, 6.07) is 5.80. The number of rotatable bonds is 1. The van der Waals surface area contributed by atoms with Gasteiger partial charge in [0.2, 0.25) is 0 Å². The number of hydrogen-bond donors (Lipinski definition) is 2. The van der Waals surface area contributed by atoms with Gasteiger partial charge in [0, 0.05) is 16.6 Å². The Morgan fingerprint density at radius 2 is 2.13 bits per heavy atom. The van der Waals surface area contributed by atoms with Crippen molar-refractivity contribution >= 4 is 26.8 Å². The predicted molar refractivity (Wildman–Crippen MR) is 64.3 cm³/mol. The van der Waals surface area contributed by atoms with E-state index in [9.17, 15) is 5.11 Å². The van der Waals surface area contributed by atoms with Crippen molar-refractivity contribution in [3.8, 4) is 5.75 Å². The zero-order valence-electron chi connectivity index (χ0n) is 8.26. The highest BCUT2D eigenvalue weighted by Crippen LogP contribution is 2.39. The van der Waals surface area contributed by atoms with Gasteiger partial charge in [0.15, 0.2) is 0 Å². The molecule has 1 heterocycles. The zero-order chi connectivity index (χ0) is 10.4. The molecule has 2 N–H and O–H groups in total. The minimum Gasteiger partial charge on any atom is -0.507 e. The van der Waals surface area contributed by atoms with E-state index in [-0.39, 0.29) is 0 Å². The maximum Gasteiger partial charge on any atom is 0.130 e. The number of phenolic OH excluding ortho intramolecular Hbond substituents is 1. The summed E-state index contributed by atoms with van der Waals surface area (Å²) >= 11 is 3.41. The van der Waals surface area contributed by atoms with Gasteiger partial charge in [0.25, 0.3) is 0 Å². The number of hydrogen-bond acceptors (Lipinski definition) is 1. The minimum absolute atomic E-state index is 0.307. The Labute approximate surface area is 96.4 Å². The van der Waals surface area contributed by atoms with Crippen LogP contribution < -0.4 is 0 Å². The number of fused-ring (bicyclic) bond motifs is 1. The van der Waals surface area contributed by atoms with Crippen molar-refractivity contribution in [1.29, 1.82) is 0 Å². The van der Waals surface area contributed by atoms with Crippen molar-refractivity contribution in [2.45, 2.75) is 25.2 Å². The molecule has 1 aliphatic rings. The zero-order valence-corrected chi connectivity index (χ0v) is 9.84. The maximum absolute atomic E-state index is 9.58. The Balaban J connectivity index is 2.16. The van der Waals surface area contributed by atoms with Gasteiger partial charge in [0.05, 0.1) is 4.47 Å². The Morgan fingerprint density at radius 3 is 2.80 bits per heavy atom. The summed E-state index contributed by atoms with van der Waals surface area (Å²) in [6.07, 6.45) is 3.92. The molecule has 78 valence electrons. The average molecular weight is 266 g/mol. The molecule has 2 nitrogen and oxygen atoms in total. The van der Waals surface area contributed by atoms with Crippen LogP contribution in [-0.4, -0.2) is 10.1 Å². The Bertz CT molecular complexity index is 514. The number of aromatic hydroxyl groups is 1. The van der Waals surface area contributed by atoms with Gasteiger partial charge in [-0.2, -0.15) is 0 Å². The first kappa shape index (κ1) is 9.28. The molecule has 1 fully saturated rings. The Morgan fingerprint density at radius 1 is 1.33 bits per heavy atom. The highest BCUT2D eigenvalue weighted by molar-refractivity contribution is 9.10. The van der Waals surface area contributed by atoms with Crippen LogP contribution in [0.15, 0.2) is 22.7 Å². The monoisotopic (exact) mass is 265 g/mol. The van der Waals surface area contributed by atoms with Crippen LogP contribution in [0.3, 0.4) is 0 Å². The van der Waals surface area contributed by atoms with Gasteiger partial charge < -0.3 is 10.1 Å². The van der Waals surface area contributed by atoms with Gasteiger partial charge in [-0.25, -0.2) is 0 Å². The van der Waals surface area contributed by atoms with Crippen LogP contribution in [0.5, 0.6) is 5.75 Å². The summed E-state index contributed by atoms with van der Waals surface area (Å²) in [5.74, 6) is 1.01. The summed E-state index contributed by atoms with van der Waals surface area (Å²) in [5.41, 5.74) is 2.41. The number of benzene rings is 1. The SMILES string of the molecule is Oc1ccc2[nH]c(C3CCC3)cc2c1Br. The summed E-state index contributed by atoms with van der Waals surface area (Å²) < 4.78 is 0.793. The van der Waals surface area contributed by atoms with Gasteiger partial charge in [-0.3, -0.25) is 0 Å². The van der Waals surface area contributed by atoms with Crippen molar-refractivity contribution in [2.75, 3.05) is 0 Å². The highest BCUT2D eigenvalue weighted by Gasteiger charge is 2.21. The average Bonchev–Trinajstić information content (AvgIpc) is 2.53. The smallest absolute Gasteiger partial charge is 0.130 e. The molecule has 1 aromatic heterocycles. The molecule has 1 saturated carbocycles. The molecule has 0 amide bonds. The molecular formula is C12H12BrNO. The number of H-pyrrole nitrogens is 1. The standard InChI is InChI=1S/C12H12BrNO/c13-12-8-6-10(7-2-1-3-7)14-9(8)4-5-11(12)15/h4-7,14-15H,1-3H2. The van der Waals surface area contributed by atoms with Crippen LogP contribution in [0, 0.1) is 0 Å². The second-order valence-corrected chi connectivity index (χ2v) is 5.01. The third kappa shape index (κ3) is 1.37. The predicted octanol–water partition coefficient (Wildman–Crippen LogP) is 3.90. The van der Waals surface area contributed by atoms with Gasteiger partial charge in [-0.15, -0.1) is 0 Å².